The van der Waals surface area contributed by atoms with Crippen LogP contribution >= 0.6 is 11.3 Å². The molecule has 1 heterocycles. The van der Waals surface area contributed by atoms with Crippen molar-refractivity contribution in [1.82, 2.24) is 5.32 Å². The number of nitriles is 1. The van der Waals surface area contributed by atoms with Gasteiger partial charge in [0.2, 0.25) is 0 Å². The van der Waals surface area contributed by atoms with E-state index in [2.05, 4.69) is 22.8 Å². The van der Waals surface area contributed by atoms with Crippen LogP contribution in [0, 0.1) is 11.3 Å². The zero-order chi connectivity index (χ0) is 13.0. The Labute approximate surface area is 111 Å². The standard InChI is InChI=1S/C14H14N2OS/c1-16-8-11-6-14(18-9-11)12-5-10(7-15)3-4-13(12)17-2/h3-6,9,16H,8H2,1-2H3. The Kier molecular flexibility index (Phi) is 3.98. The summed E-state index contributed by atoms with van der Waals surface area (Å²) in [7, 11) is 3.57. The van der Waals surface area contributed by atoms with Crippen LogP contribution < -0.4 is 10.1 Å². The summed E-state index contributed by atoms with van der Waals surface area (Å²) in [5.41, 5.74) is 2.86. The molecule has 4 heteroatoms. The summed E-state index contributed by atoms with van der Waals surface area (Å²) in [5.74, 6) is 0.798. The van der Waals surface area contributed by atoms with Gasteiger partial charge in [-0.15, -0.1) is 11.3 Å². The summed E-state index contributed by atoms with van der Waals surface area (Å²) in [4.78, 5) is 1.12. The quantitative estimate of drug-likeness (QED) is 0.917. The van der Waals surface area contributed by atoms with Gasteiger partial charge in [0, 0.05) is 17.0 Å². The SMILES string of the molecule is CNCc1csc(-c2cc(C#N)ccc2OC)c1. The van der Waals surface area contributed by atoms with Crippen molar-refractivity contribution in [3.63, 3.8) is 0 Å². The van der Waals surface area contributed by atoms with Gasteiger partial charge in [0.25, 0.3) is 0 Å². The van der Waals surface area contributed by atoms with Gasteiger partial charge in [-0.25, -0.2) is 0 Å². The van der Waals surface area contributed by atoms with E-state index in [-0.39, 0.29) is 0 Å². The van der Waals surface area contributed by atoms with E-state index in [9.17, 15) is 0 Å². The van der Waals surface area contributed by atoms with Crippen LogP contribution in [0.15, 0.2) is 29.6 Å². The van der Waals surface area contributed by atoms with Crippen molar-refractivity contribution >= 4 is 11.3 Å². The van der Waals surface area contributed by atoms with Gasteiger partial charge < -0.3 is 10.1 Å². The van der Waals surface area contributed by atoms with Gasteiger partial charge in [-0.1, -0.05) is 0 Å². The first-order valence-corrected chi connectivity index (χ1v) is 6.47. The first kappa shape index (κ1) is 12.6. The van der Waals surface area contributed by atoms with Crippen molar-refractivity contribution < 1.29 is 4.74 Å². The van der Waals surface area contributed by atoms with Crippen LogP contribution in [-0.2, 0) is 6.54 Å². The highest BCUT2D eigenvalue weighted by atomic mass is 32.1. The first-order valence-electron chi connectivity index (χ1n) is 5.59. The third-order valence-corrected chi connectivity index (χ3v) is 3.64. The molecule has 2 aromatic rings. The summed E-state index contributed by atoms with van der Waals surface area (Å²) < 4.78 is 5.35. The third-order valence-electron chi connectivity index (χ3n) is 2.63. The molecule has 1 aromatic carbocycles. The maximum absolute atomic E-state index is 8.96. The minimum absolute atomic E-state index is 0.648. The monoisotopic (exact) mass is 258 g/mol. The molecule has 0 fully saturated rings. The van der Waals surface area contributed by atoms with E-state index in [0.717, 1.165) is 22.7 Å². The van der Waals surface area contributed by atoms with Crippen molar-refractivity contribution in [2.45, 2.75) is 6.54 Å². The number of hydrogen-bond donors (Lipinski definition) is 1. The van der Waals surface area contributed by atoms with Crippen molar-refractivity contribution in [3.8, 4) is 22.3 Å². The number of rotatable bonds is 4. The highest BCUT2D eigenvalue weighted by Crippen LogP contribution is 2.35. The van der Waals surface area contributed by atoms with E-state index >= 15 is 0 Å². The molecule has 0 aliphatic carbocycles. The molecule has 0 radical (unpaired) electrons. The number of nitrogens with one attached hydrogen (secondary N) is 1. The fourth-order valence-corrected chi connectivity index (χ4v) is 2.72. The van der Waals surface area contributed by atoms with E-state index in [0.29, 0.717) is 5.56 Å². The van der Waals surface area contributed by atoms with E-state index in [1.807, 2.05) is 19.2 Å². The molecule has 0 unspecified atom stereocenters. The van der Waals surface area contributed by atoms with E-state index in [1.165, 1.54) is 5.56 Å². The second kappa shape index (κ2) is 5.67. The minimum Gasteiger partial charge on any atom is -0.496 e. The van der Waals surface area contributed by atoms with Crippen molar-refractivity contribution in [2.24, 2.45) is 0 Å². The molecule has 0 aliphatic rings. The van der Waals surface area contributed by atoms with Crippen LogP contribution in [0.25, 0.3) is 10.4 Å². The van der Waals surface area contributed by atoms with Crippen molar-refractivity contribution in [1.29, 1.82) is 5.26 Å². The second-order valence-corrected chi connectivity index (χ2v) is 4.79. The molecule has 0 bridgehead atoms. The maximum Gasteiger partial charge on any atom is 0.127 e. The molecule has 0 atom stereocenters. The van der Waals surface area contributed by atoms with E-state index in [4.69, 9.17) is 10.00 Å². The van der Waals surface area contributed by atoms with E-state index in [1.54, 1.807) is 24.5 Å². The van der Waals surface area contributed by atoms with Gasteiger partial charge in [-0.3, -0.25) is 0 Å². The fraction of sp³-hybridized carbons (Fsp3) is 0.214. The molecule has 2 rings (SSSR count). The number of thiophene rings is 1. The molecular weight excluding hydrogens is 244 g/mol. The Morgan fingerprint density at radius 3 is 2.89 bits per heavy atom. The van der Waals surface area contributed by atoms with Crippen LogP contribution in [0.3, 0.4) is 0 Å². The Balaban J connectivity index is 2.44. The summed E-state index contributed by atoms with van der Waals surface area (Å²) in [6.07, 6.45) is 0. The predicted octanol–water partition coefficient (Wildman–Crippen LogP) is 3.01. The topological polar surface area (TPSA) is 45.0 Å². The van der Waals surface area contributed by atoms with E-state index < -0.39 is 0 Å². The molecule has 0 spiro atoms. The molecule has 1 N–H and O–H groups in total. The molecule has 3 nitrogen and oxygen atoms in total. The lowest BCUT2D eigenvalue weighted by Crippen LogP contribution is -2.03. The Hall–Kier alpha value is -1.83. The Bertz CT molecular complexity index is 584. The zero-order valence-electron chi connectivity index (χ0n) is 10.4. The number of hydrogen-bond acceptors (Lipinski definition) is 4. The second-order valence-electron chi connectivity index (χ2n) is 3.88. The molecular formula is C14H14N2OS. The number of methoxy groups -OCH3 is 1. The average Bonchev–Trinajstić information content (AvgIpc) is 2.87. The Morgan fingerprint density at radius 1 is 1.39 bits per heavy atom. The lowest BCUT2D eigenvalue weighted by atomic mass is 10.1. The molecule has 18 heavy (non-hydrogen) atoms. The molecule has 0 amide bonds. The molecule has 0 aliphatic heterocycles. The average molecular weight is 258 g/mol. The van der Waals surface area contributed by atoms with Gasteiger partial charge in [0.05, 0.1) is 18.7 Å². The predicted molar refractivity (Wildman–Crippen MR) is 73.8 cm³/mol. The van der Waals surface area contributed by atoms with Crippen LogP contribution in [0.2, 0.25) is 0 Å². The summed E-state index contributed by atoms with van der Waals surface area (Å²) in [6, 6.07) is 9.76. The number of nitrogens with zero attached hydrogens (tertiary/aromatic N) is 1. The number of benzene rings is 1. The zero-order valence-corrected chi connectivity index (χ0v) is 11.2. The molecule has 0 saturated carbocycles. The maximum atomic E-state index is 8.96. The summed E-state index contributed by atoms with van der Waals surface area (Å²) in [5, 5.41) is 14.2. The first-order chi connectivity index (χ1) is 8.78. The van der Waals surface area contributed by atoms with Crippen LogP contribution in [-0.4, -0.2) is 14.2 Å². The van der Waals surface area contributed by atoms with Crippen LogP contribution in [0.1, 0.15) is 11.1 Å². The minimum atomic E-state index is 0.648. The van der Waals surface area contributed by atoms with Crippen LogP contribution in [0.5, 0.6) is 5.75 Å². The lowest BCUT2D eigenvalue weighted by Gasteiger charge is -2.06. The molecule has 0 saturated heterocycles. The molecule has 92 valence electrons. The third kappa shape index (κ3) is 2.53. The van der Waals surface area contributed by atoms with Gasteiger partial charge in [-0.05, 0) is 42.3 Å². The van der Waals surface area contributed by atoms with Crippen molar-refractivity contribution in [2.75, 3.05) is 14.2 Å². The van der Waals surface area contributed by atoms with Gasteiger partial charge >= 0.3 is 0 Å². The summed E-state index contributed by atoms with van der Waals surface area (Å²) in [6.45, 7) is 0.844. The normalized spacial score (nSPS) is 10.1. The largest absolute Gasteiger partial charge is 0.496 e. The number of ether oxygens (including phenoxy) is 1. The Morgan fingerprint density at radius 2 is 2.22 bits per heavy atom. The summed E-state index contributed by atoms with van der Waals surface area (Å²) >= 11 is 1.66. The highest BCUT2D eigenvalue weighted by molar-refractivity contribution is 7.13. The van der Waals surface area contributed by atoms with Gasteiger partial charge in [-0.2, -0.15) is 5.26 Å². The van der Waals surface area contributed by atoms with Gasteiger partial charge in [0.1, 0.15) is 5.75 Å². The lowest BCUT2D eigenvalue weighted by molar-refractivity contribution is 0.416. The highest BCUT2D eigenvalue weighted by Gasteiger charge is 2.09. The molecule has 1 aromatic heterocycles. The van der Waals surface area contributed by atoms with Crippen LogP contribution in [0.4, 0.5) is 0 Å². The van der Waals surface area contributed by atoms with Crippen molar-refractivity contribution in [3.05, 3.63) is 40.8 Å². The smallest absolute Gasteiger partial charge is 0.127 e. The van der Waals surface area contributed by atoms with Gasteiger partial charge in [0.15, 0.2) is 0 Å². The fourth-order valence-electron chi connectivity index (χ4n) is 1.78.